The Hall–Kier alpha value is -2.29. The first-order chi connectivity index (χ1) is 18.6. The molecule has 1 aliphatic rings. The summed E-state index contributed by atoms with van der Waals surface area (Å²) in [6.07, 6.45) is 4.08. The fourth-order valence-corrected chi connectivity index (χ4v) is 11.1. The van der Waals surface area contributed by atoms with Crippen molar-refractivity contribution < 1.29 is 21.8 Å². The van der Waals surface area contributed by atoms with Crippen LogP contribution in [0.1, 0.15) is 52.0 Å². The van der Waals surface area contributed by atoms with Gasteiger partial charge in [0.25, 0.3) is 18.4 Å². The number of hydrogen-bond acceptors (Lipinski definition) is 5. The Morgan fingerprint density at radius 3 is 1.82 bits per heavy atom. The molecular weight excluding hydrogens is 525 g/mol. The van der Waals surface area contributed by atoms with Crippen LogP contribution in [-0.4, -0.2) is 42.7 Å². The van der Waals surface area contributed by atoms with Crippen LogP contribution in [0.3, 0.4) is 0 Å². The molecule has 0 aromatic heterocycles. The Kier molecular flexibility index (Phi) is 9.83. The highest BCUT2D eigenvalue weighted by Crippen LogP contribution is 2.38. The SMILES string of the molecule is Cc1ccc(S(=O)(=O)OCCOC2CCC(CO[Si](c3ccccc3)(c3ccccc3)C(C)(C)C)CC2)cc1. The highest BCUT2D eigenvalue weighted by atomic mass is 32.2. The predicted octanol–water partition coefficient (Wildman–Crippen LogP) is 5.85. The molecular formula is C32H42O5SSi. The lowest BCUT2D eigenvalue weighted by atomic mass is 9.88. The third kappa shape index (κ3) is 7.27. The van der Waals surface area contributed by atoms with Crippen LogP contribution in [0.2, 0.25) is 5.04 Å². The van der Waals surface area contributed by atoms with Crippen LogP contribution in [0.5, 0.6) is 0 Å². The van der Waals surface area contributed by atoms with E-state index in [1.807, 2.05) is 6.92 Å². The molecule has 1 fully saturated rings. The predicted molar refractivity (Wildman–Crippen MR) is 160 cm³/mol. The zero-order chi connectivity index (χ0) is 27.9. The average molecular weight is 567 g/mol. The lowest BCUT2D eigenvalue weighted by Gasteiger charge is -2.44. The molecule has 0 unspecified atom stereocenters. The quantitative estimate of drug-likeness (QED) is 0.165. The van der Waals surface area contributed by atoms with Gasteiger partial charge >= 0.3 is 0 Å². The second-order valence-electron chi connectivity index (χ2n) is 11.6. The molecule has 4 rings (SSSR count). The second-order valence-corrected chi connectivity index (χ2v) is 17.5. The second kappa shape index (κ2) is 12.9. The highest BCUT2D eigenvalue weighted by molar-refractivity contribution is 7.86. The smallest absolute Gasteiger partial charge is 0.297 e. The van der Waals surface area contributed by atoms with E-state index >= 15 is 0 Å². The molecule has 0 saturated heterocycles. The number of ether oxygens (including phenoxy) is 1. The Morgan fingerprint density at radius 1 is 0.769 bits per heavy atom. The summed E-state index contributed by atoms with van der Waals surface area (Å²) in [4.78, 5) is 0.175. The van der Waals surface area contributed by atoms with Crippen LogP contribution in [0, 0.1) is 12.8 Å². The maximum Gasteiger partial charge on any atom is 0.297 e. The van der Waals surface area contributed by atoms with Crippen molar-refractivity contribution in [2.24, 2.45) is 5.92 Å². The maximum absolute atomic E-state index is 12.4. The van der Waals surface area contributed by atoms with Crippen LogP contribution in [0.4, 0.5) is 0 Å². The van der Waals surface area contributed by atoms with Gasteiger partial charge in [0, 0.05) is 6.61 Å². The molecule has 0 atom stereocenters. The van der Waals surface area contributed by atoms with Crippen LogP contribution in [0.25, 0.3) is 0 Å². The minimum atomic E-state index is -3.76. The minimum absolute atomic E-state index is 0.0209. The van der Waals surface area contributed by atoms with Crippen LogP contribution in [-0.2, 0) is 23.5 Å². The molecule has 0 amide bonds. The molecule has 5 nitrogen and oxygen atoms in total. The first-order valence-corrected chi connectivity index (χ1v) is 17.3. The van der Waals surface area contributed by atoms with Gasteiger partial charge in [0.05, 0.1) is 24.2 Å². The molecule has 39 heavy (non-hydrogen) atoms. The van der Waals surface area contributed by atoms with E-state index in [0.29, 0.717) is 5.92 Å². The standard InChI is InChI=1S/C32H42O5SSi/c1-26-15-21-29(22-16-26)38(33,34)36-24-23-35-28-19-17-27(18-20-28)25-37-39(32(2,3)4,30-11-7-5-8-12-30)31-13-9-6-10-14-31/h5-16,21-22,27-28H,17-20,23-25H2,1-4H3. The van der Waals surface area contributed by atoms with Crippen molar-refractivity contribution in [2.45, 2.75) is 69.4 Å². The topological polar surface area (TPSA) is 61.8 Å². The van der Waals surface area contributed by atoms with Gasteiger partial charge in [0.2, 0.25) is 0 Å². The zero-order valence-electron chi connectivity index (χ0n) is 23.6. The zero-order valence-corrected chi connectivity index (χ0v) is 25.5. The number of hydrogen-bond donors (Lipinski definition) is 0. The van der Waals surface area contributed by atoms with Crippen molar-refractivity contribution in [2.75, 3.05) is 19.8 Å². The maximum atomic E-state index is 12.4. The Labute approximate surface area is 235 Å². The van der Waals surface area contributed by atoms with Gasteiger partial charge in [-0.05, 0) is 66.1 Å². The third-order valence-electron chi connectivity index (χ3n) is 7.73. The Balaban J connectivity index is 1.31. The van der Waals surface area contributed by atoms with Gasteiger partial charge in [0.15, 0.2) is 0 Å². The summed E-state index contributed by atoms with van der Waals surface area (Å²) in [5.41, 5.74) is 1.00. The van der Waals surface area contributed by atoms with Gasteiger partial charge in [-0.25, -0.2) is 0 Å². The molecule has 0 bridgehead atoms. The lowest BCUT2D eigenvalue weighted by Crippen LogP contribution is -2.67. The summed E-state index contributed by atoms with van der Waals surface area (Å²) in [5.74, 6) is 0.477. The van der Waals surface area contributed by atoms with Crippen molar-refractivity contribution >= 4 is 28.8 Å². The molecule has 3 aromatic carbocycles. The average Bonchev–Trinajstić information content (AvgIpc) is 2.93. The van der Waals surface area contributed by atoms with Crippen LogP contribution in [0.15, 0.2) is 89.8 Å². The van der Waals surface area contributed by atoms with Crippen LogP contribution >= 0.6 is 0 Å². The van der Waals surface area contributed by atoms with Crippen molar-refractivity contribution in [1.29, 1.82) is 0 Å². The molecule has 0 spiro atoms. The van der Waals surface area contributed by atoms with Gasteiger partial charge in [-0.1, -0.05) is 99.1 Å². The molecule has 210 valence electrons. The molecule has 1 saturated carbocycles. The van der Waals surface area contributed by atoms with E-state index in [1.54, 1.807) is 24.3 Å². The summed E-state index contributed by atoms with van der Waals surface area (Å²) in [6, 6.07) is 28.2. The molecule has 3 aromatic rings. The van der Waals surface area contributed by atoms with E-state index < -0.39 is 18.4 Å². The molecule has 0 aliphatic heterocycles. The van der Waals surface area contributed by atoms with E-state index in [-0.39, 0.29) is 29.3 Å². The van der Waals surface area contributed by atoms with E-state index in [9.17, 15) is 8.42 Å². The van der Waals surface area contributed by atoms with Gasteiger partial charge in [-0.15, -0.1) is 0 Å². The monoisotopic (exact) mass is 566 g/mol. The van der Waals surface area contributed by atoms with Crippen molar-refractivity contribution in [1.82, 2.24) is 0 Å². The summed E-state index contributed by atoms with van der Waals surface area (Å²) < 4.78 is 43.1. The normalized spacial score (nSPS) is 18.7. The summed E-state index contributed by atoms with van der Waals surface area (Å²) >= 11 is 0. The largest absolute Gasteiger partial charge is 0.407 e. The van der Waals surface area contributed by atoms with E-state index in [0.717, 1.165) is 37.9 Å². The van der Waals surface area contributed by atoms with Gasteiger partial charge < -0.3 is 9.16 Å². The molecule has 1 aliphatic carbocycles. The number of aryl methyl sites for hydroxylation is 1. The van der Waals surface area contributed by atoms with Gasteiger partial charge in [-0.2, -0.15) is 8.42 Å². The fourth-order valence-electron chi connectivity index (χ4n) is 5.60. The summed E-state index contributed by atoms with van der Waals surface area (Å²) in [7, 11) is -6.29. The van der Waals surface area contributed by atoms with E-state index in [2.05, 4.69) is 81.4 Å². The minimum Gasteiger partial charge on any atom is -0.407 e. The fraction of sp³-hybridized carbons (Fsp3) is 0.438. The van der Waals surface area contributed by atoms with Gasteiger partial charge in [-0.3, -0.25) is 4.18 Å². The highest BCUT2D eigenvalue weighted by Gasteiger charge is 2.50. The number of benzene rings is 3. The first-order valence-electron chi connectivity index (χ1n) is 13.9. The van der Waals surface area contributed by atoms with E-state index in [4.69, 9.17) is 13.3 Å². The summed E-state index contributed by atoms with van der Waals surface area (Å²) in [5, 5.41) is 2.58. The van der Waals surface area contributed by atoms with Crippen molar-refractivity contribution in [3.05, 3.63) is 90.5 Å². The van der Waals surface area contributed by atoms with Crippen molar-refractivity contribution in [3.8, 4) is 0 Å². The molecule has 0 N–H and O–H groups in total. The van der Waals surface area contributed by atoms with E-state index in [1.165, 1.54) is 10.4 Å². The lowest BCUT2D eigenvalue weighted by molar-refractivity contribution is 0.000388. The molecule has 0 radical (unpaired) electrons. The molecule has 7 heteroatoms. The van der Waals surface area contributed by atoms with Crippen LogP contribution < -0.4 is 10.4 Å². The Bertz CT molecular complexity index is 1220. The van der Waals surface area contributed by atoms with Gasteiger partial charge in [0.1, 0.15) is 0 Å². The van der Waals surface area contributed by atoms with Crippen molar-refractivity contribution in [3.63, 3.8) is 0 Å². The summed E-state index contributed by atoms with van der Waals surface area (Å²) in [6.45, 7) is 9.87. The Morgan fingerprint density at radius 2 is 1.31 bits per heavy atom. The number of rotatable bonds is 11. The molecule has 0 heterocycles. The third-order valence-corrected chi connectivity index (χ3v) is 14.1. The first kappa shape index (κ1) is 29.7.